The summed E-state index contributed by atoms with van der Waals surface area (Å²) in [6.07, 6.45) is 1.01. The van der Waals surface area contributed by atoms with Crippen molar-refractivity contribution in [2.24, 2.45) is 0 Å². The highest BCUT2D eigenvalue weighted by Gasteiger charge is 2.24. The highest BCUT2D eigenvalue weighted by Crippen LogP contribution is 2.34. The maximum Gasteiger partial charge on any atom is 0.223 e. The maximum absolute atomic E-state index is 5.74. The van der Waals surface area contributed by atoms with Crippen LogP contribution >= 0.6 is 0 Å². The van der Waals surface area contributed by atoms with E-state index >= 15 is 0 Å². The largest absolute Gasteiger partial charge is 0.485 e. The maximum atomic E-state index is 5.74. The molecule has 1 aromatic heterocycles. The van der Waals surface area contributed by atoms with Gasteiger partial charge >= 0.3 is 0 Å². The monoisotopic (exact) mass is 230 g/mol. The molecule has 0 fully saturated rings. The van der Waals surface area contributed by atoms with Crippen molar-refractivity contribution < 1.29 is 9.47 Å². The van der Waals surface area contributed by atoms with Crippen molar-refractivity contribution in [1.29, 1.82) is 0 Å². The first-order valence-corrected chi connectivity index (χ1v) is 5.16. The Morgan fingerprint density at radius 1 is 1.18 bits per heavy atom. The van der Waals surface area contributed by atoms with Gasteiger partial charge in [0.2, 0.25) is 5.95 Å². The SMILES string of the molecule is Nc1ncnc(C2COc3ccccc3O2)n1. The number of ether oxygens (including phenoxy) is 2. The lowest BCUT2D eigenvalue weighted by Gasteiger charge is -2.25. The summed E-state index contributed by atoms with van der Waals surface area (Å²) in [5.41, 5.74) is 5.50. The fraction of sp³-hybridized carbons (Fsp3) is 0.182. The van der Waals surface area contributed by atoms with E-state index in [1.54, 1.807) is 0 Å². The summed E-state index contributed by atoms with van der Waals surface area (Å²) in [5.74, 6) is 2.07. The molecule has 1 aliphatic heterocycles. The Kier molecular flexibility index (Phi) is 2.25. The molecule has 0 aliphatic carbocycles. The second-order valence-corrected chi connectivity index (χ2v) is 3.57. The van der Waals surface area contributed by atoms with Gasteiger partial charge in [0.05, 0.1) is 0 Å². The molecule has 0 bridgehead atoms. The molecule has 1 atom stereocenters. The Hall–Kier alpha value is -2.37. The Morgan fingerprint density at radius 3 is 2.82 bits per heavy atom. The summed E-state index contributed by atoms with van der Waals surface area (Å²) in [5, 5.41) is 0. The molecule has 1 aromatic carbocycles. The fourth-order valence-electron chi connectivity index (χ4n) is 1.62. The molecule has 1 aliphatic rings. The number of hydrogen-bond donors (Lipinski definition) is 1. The number of nitrogens with two attached hydrogens (primary N) is 1. The average molecular weight is 230 g/mol. The van der Waals surface area contributed by atoms with Gasteiger partial charge in [-0.3, -0.25) is 0 Å². The topological polar surface area (TPSA) is 83.2 Å². The van der Waals surface area contributed by atoms with Gasteiger partial charge in [0, 0.05) is 0 Å². The summed E-state index contributed by atoms with van der Waals surface area (Å²) in [4.78, 5) is 11.8. The zero-order chi connectivity index (χ0) is 11.7. The number of hydrogen-bond acceptors (Lipinski definition) is 6. The second kappa shape index (κ2) is 3.89. The third kappa shape index (κ3) is 1.84. The van der Waals surface area contributed by atoms with Crippen LogP contribution in [0.25, 0.3) is 0 Å². The predicted molar refractivity (Wildman–Crippen MR) is 59.5 cm³/mol. The minimum atomic E-state index is -0.352. The first-order chi connectivity index (χ1) is 8.33. The Morgan fingerprint density at radius 2 is 2.00 bits per heavy atom. The number of nitrogens with zero attached hydrogens (tertiary/aromatic N) is 3. The minimum absolute atomic E-state index is 0.178. The first kappa shape index (κ1) is 9.83. The number of anilines is 1. The second-order valence-electron chi connectivity index (χ2n) is 3.57. The summed E-state index contributed by atoms with van der Waals surface area (Å²) in [7, 11) is 0. The Balaban J connectivity index is 1.89. The fourth-order valence-corrected chi connectivity index (χ4v) is 1.62. The zero-order valence-corrected chi connectivity index (χ0v) is 8.91. The minimum Gasteiger partial charge on any atom is -0.485 e. The van der Waals surface area contributed by atoms with Crippen molar-refractivity contribution in [3.05, 3.63) is 36.4 Å². The van der Waals surface area contributed by atoms with E-state index in [9.17, 15) is 0 Å². The van der Waals surface area contributed by atoms with Crippen molar-refractivity contribution >= 4 is 5.95 Å². The van der Waals surface area contributed by atoms with Crippen molar-refractivity contribution in [1.82, 2.24) is 15.0 Å². The Labute approximate surface area is 97.4 Å². The van der Waals surface area contributed by atoms with Crippen LogP contribution in [0.2, 0.25) is 0 Å². The molecule has 2 aromatic rings. The summed E-state index contributed by atoms with van der Waals surface area (Å²) in [6.45, 7) is 0.362. The van der Waals surface area contributed by atoms with E-state index in [2.05, 4.69) is 15.0 Å². The van der Waals surface area contributed by atoms with Crippen molar-refractivity contribution in [3.63, 3.8) is 0 Å². The first-order valence-electron chi connectivity index (χ1n) is 5.16. The van der Waals surface area contributed by atoms with E-state index in [0.717, 1.165) is 5.75 Å². The Bertz CT molecular complexity index is 546. The number of aromatic nitrogens is 3. The lowest BCUT2D eigenvalue weighted by molar-refractivity contribution is 0.0850. The molecule has 6 nitrogen and oxygen atoms in total. The third-order valence-electron chi connectivity index (χ3n) is 2.41. The van der Waals surface area contributed by atoms with Crippen LogP contribution in [0.1, 0.15) is 11.9 Å². The van der Waals surface area contributed by atoms with Gasteiger partial charge < -0.3 is 15.2 Å². The van der Waals surface area contributed by atoms with E-state index in [4.69, 9.17) is 15.2 Å². The molecule has 0 saturated carbocycles. The van der Waals surface area contributed by atoms with Gasteiger partial charge in [-0.2, -0.15) is 4.98 Å². The molecule has 3 rings (SSSR count). The molecule has 0 saturated heterocycles. The number of nitrogen functional groups attached to an aromatic ring is 1. The van der Waals surface area contributed by atoms with Gasteiger partial charge in [0.15, 0.2) is 23.4 Å². The predicted octanol–water partition coefficient (Wildman–Crippen LogP) is 0.966. The number of benzene rings is 1. The van der Waals surface area contributed by atoms with Crippen LogP contribution in [0, 0.1) is 0 Å². The van der Waals surface area contributed by atoms with Crippen LogP contribution in [-0.2, 0) is 0 Å². The molecule has 86 valence electrons. The molecule has 1 unspecified atom stereocenters. The van der Waals surface area contributed by atoms with Gasteiger partial charge in [0.25, 0.3) is 0 Å². The summed E-state index contributed by atoms with van der Waals surface area (Å²) < 4.78 is 11.3. The average Bonchev–Trinajstić information content (AvgIpc) is 2.38. The highest BCUT2D eigenvalue weighted by atomic mass is 16.6. The van der Waals surface area contributed by atoms with Gasteiger partial charge in [-0.1, -0.05) is 12.1 Å². The van der Waals surface area contributed by atoms with Crippen LogP contribution in [0.5, 0.6) is 11.5 Å². The number of fused-ring (bicyclic) bond motifs is 1. The van der Waals surface area contributed by atoms with Gasteiger partial charge in [-0.05, 0) is 12.1 Å². The van der Waals surface area contributed by atoms with E-state index in [-0.39, 0.29) is 12.1 Å². The summed E-state index contributed by atoms with van der Waals surface area (Å²) in [6, 6.07) is 7.47. The quantitative estimate of drug-likeness (QED) is 0.785. The molecule has 2 N–H and O–H groups in total. The van der Waals surface area contributed by atoms with Crippen LogP contribution in [0.4, 0.5) is 5.95 Å². The van der Waals surface area contributed by atoms with Crippen molar-refractivity contribution in [2.45, 2.75) is 6.10 Å². The highest BCUT2D eigenvalue weighted by molar-refractivity contribution is 5.41. The smallest absolute Gasteiger partial charge is 0.223 e. The third-order valence-corrected chi connectivity index (χ3v) is 2.41. The molecule has 6 heteroatoms. The zero-order valence-electron chi connectivity index (χ0n) is 8.91. The molecule has 0 radical (unpaired) electrons. The van der Waals surface area contributed by atoms with Crippen LogP contribution < -0.4 is 15.2 Å². The number of rotatable bonds is 1. The van der Waals surface area contributed by atoms with Gasteiger partial charge in [-0.25, -0.2) is 9.97 Å². The van der Waals surface area contributed by atoms with E-state index in [1.165, 1.54) is 6.33 Å². The molecule has 0 spiro atoms. The van der Waals surface area contributed by atoms with E-state index < -0.39 is 0 Å². The van der Waals surface area contributed by atoms with Crippen LogP contribution in [0.15, 0.2) is 30.6 Å². The van der Waals surface area contributed by atoms with E-state index in [1.807, 2.05) is 24.3 Å². The molecule has 17 heavy (non-hydrogen) atoms. The summed E-state index contributed by atoms with van der Waals surface area (Å²) >= 11 is 0. The normalized spacial score (nSPS) is 17.8. The van der Waals surface area contributed by atoms with Gasteiger partial charge in [0.1, 0.15) is 12.9 Å². The van der Waals surface area contributed by atoms with Crippen LogP contribution in [0.3, 0.4) is 0 Å². The van der Waals surface area contributed by atoms with Crippen molar-refractivity contribution in [3.8, 4) is 11.5 Å². The molecular weight excluding hydrogens is 220 g/mol. The molecule has 2 heterocycles. The standard InChI is InChI=1S/C11H10N4O2/c12-11-14-6-13-10(15-11)9-5-16-7-3-1-2-4-8(7)17-9/h1-4,6,9H,5H2,(H2,12,13,14,15). The molecular formula is C11H10N4O2. The lowest BCUT2D eigenvalue weighted by Crippen LogP contribution is -2.24. The van der Waals surface area contributed by atoms with Crippen LogP contribution in [-0.4, -0.2) is 21.6 Å². The van der Waals surface area contributed by atoms with Crippen molar-refractivity contribution in [2.75, 3.05) is 12.3 Å². The molecule has 0 amide bonds. The van der Waals surface area contributed by atoms with E-state index in [0.29, 0.717) is 18.2 Å². The number of para-hydroxylation sites is 2. The van der Waals surface area contributed by atoms with Gasteiger partial charge in [-0.15, -0.1) is 0 Å². The lowest BCUT2D eigenvalue weighted by atomic mass is 10.2.